The molecule has 2 heterocycles. The predicted octanol–water partition coefficient (Wildman–Crippen LogP) is 3.66. The van der Waals surface area contributed by atoms with Crippen molar-refractivity contribution in [2.75, 3.05) is 0 Å². The van der Waals surface area contributed by atoms with Gasteiger partial charge in [0.05, 0.1) is 29.5 Å². The number of carbonyl (C=O) groups excluding carboxylic acids is 1. The number of carbonyl (C=O) groups is 1. The van der Waals surface area contributed by atoms with Gasteiger partial charge in [-0.2, -0.15) is 23.4 Å². The van der Waals surface area contributed by atoms with Crippen molar-refractivity contribution in [1.29, 1.82) is 0 Å². The number of halogens is 4. The van der Waals surface area contributed by atoms with Crippen molar-refractivity contribution in [2.45, 2.75) is 59.4 Å². The number of rotatable bonds is 6. The fourth-order valence-corrected chi connectivity index (χ4v) is 2.97. The van der Waals surface area contributed by atoms with Crippen LogP contribution in [0.5, 0.6) is 0 Å². The molecule has 0 fully saturated rings. The van der Waals surface area contributed by atoms with Crippen LogP contribution in [0.3, 0.4) is 0 Å². The van der Waals surface area contributed by atoms with E-state index < -0.39 is 16.9 Å². The van der Waals surface area contributed by atoms with Gasteiger partial charge in [-0.3, -0.25) is 14.2 Å². The number of amides is 1. The summed E-state index contributed by atoms with van der Waals surface area (Å²) in [6.07, 6.45) is -2.93. The Morgan fingerprint density at radius 2 is 1.96 bits per heavy atom. The molecular formula is C16H21ClF3N5O. The lowest BCUT2D eigenvalue weighted by atomic mass is 10.1. The van der Waals surface area contributed by atoms with E-state index in [0.29, 0.717) is 0 Å². The highest BCUT2D eigenvalue weighted by Crippen LogP contribution is 2.35. The van der Waals surface area contributed by atoms with E-state index in [4.69, 9.17) is 11.6 Å². The summed E-state index contributed by atoms with van der Waals surface area (Å²) in [6, 6.07) is -0.254. The minimum absolute atomic E-state index is 0.00733. The average molecular weight is 392 g/mol. The first kappa shape index (κ1) is 20.3. The molecule has 144 valence electrons. The van der Waals surface area contributed by atoms with Crippen molar-refractivity contribution in [1.82, 2.24) is 24.9 Å². The van der Waals surface area contributed by atoms with E-state index >= 15 is 0 Å². The molecular weight excluding hydrogens is 371 g/mol. The monoisotopic (exact) mass is 391 g/mol. The minimum atomic E-state index is -4.62. The van der Waals surface area contributed by atoms with Crippen molar-refractivity contribution in [3.63, 3.8) is 0 Å². The lowest BCUT2D eigenvalue weighted by Gasteiger charge is -2.14. The molecule has 1 N–H and O–H groups in total. The molecule has 0 spiro atoms. The van der Waals surface area contributed by atoms with Gasteiger partial charge in [-0.05, 0) is 27.7 Å². The summed E-state index contributed by atoms with van der Waals surface area (Å²) < 4.78 is 41.4. The topological polar surface area (TPSA) is 64.7 Å². The second-order valence-electron chi connectivity index (χ2n) is 6.01. The van der Waals surface area contributed by atoms with Gasteiger partial charge in [-0.15, -0.1) is 0 Å². The fourth-order valence-electron chi connectivity index (χ4n) is 2.73. The SMILES string of the molecule is CCn1ncc(C(C)NC(=O)CCn2nc(C(F)(F)F)c(Cl)c2C)c1C. The van der Waals surface area contributed by atoms with E-state index in [9.17, 15) is 18.0 Å². The van der Waals surface area contributed by atoms with Gasteiger partial charge < -0.3 is 5.32 Å². The van der Waals surface area contributed by atoms with Gasteiger partial charge in [0.25, 0.3) is 0 Å². The van der Waals surface area contributed by atoms with E-state index in [2.05, 4.69) is 15.5 Å². The van der Waals surface area contributed by atoms with E-state index in [0.717, 1.165) is 22.5 Å². The summed E-state index contributed by atoms with van der Waals surface area (Å²) in [4.78, 5) is 12.2. The van der Waals surface area contributed by atoms with E-state index in [-0.39, 0.29) is 30.6 Å². The molecule has 6 nitrogen and oxygen atoms in total. The first-order chi connectivity index (χ1) is 12.1. The number of nitrogens with zero attached hydrogens (tertiary/aromatic N) is 4. The van der Waals surface area contributed by atoms with Crippen molar-refractivity contribution in [3.05, 3.63) is 33.9 Å². The molecule has 0 aromatic carbocycles. The molecule has 2 aromatic heterocycles. The lowest BCUT2D eigenvalue weighted by molar-refractivity contribution is -0.141. The molecule has 1 atom stereocenters. The molecule has 1 unspecified atom stereocenters. The van der Waals surface area contributed by atoms with Crippen LogP contribution in [0.2, 0.25) is 5.02 Å². The molecule has 0 aliphatic rings. The van der Waals surface area contributed by atoms with Crippen LogP contribution in [0, 0.1) is 13.8 Å². The molecule has 2 aromatic rings. The minimum Gasteiger partial charge on any atom is -0.349 e. The maximum atomic E-state index is 12.8. The van der Waals surface area contributed by atoms with E-state index in [1.165, 1.54) is 6.92 Å². The van der Waals surface area contributed by atoms with Gasteiger partial charge in [0, 0.05) is 24.2 Å². The normalized spacial score (nSPS) is 13.1. The highest BCUT2D eigenvalue weighted by molar-refractivity contribution is 6.31. The average Bonchev–Trinajstić information content (AvgIpc) is 3.06. The van der Waals surface area contributed by atoms with Crippen LogP contribution in [0.15, 0.2) is 6.20 Å². The molecule has 26 heavy (non-hydrogen) atoms. The summed E-state index contributed by atoms with van der Waals surface area (Å²) in [7, 11) is 0. The van der Waals surface area contributed by atoms with Crippen molar-refractivity contribution >= 4 is 17.5 Å². The van der Waals surface area contributed by atoms with Gasteiger partial charge >= 0.3 is 6.18 Å². The number of alkyl halides is 3. The van der Waals surface area contributed by atoms with E-state index in [1.54, 1.807) is 6.20 Å². The largest absolute Gasteiger partial charge is 0.436 e. The Labute approximate surface area is 154 Å². The predicted molar refractivity (Wildman–Crippen MR) is 90.8 cm³/mol. The molecule has 0 saturated heterocycles. The maximum absolute atomic E-state index is 12.8. The second-order valence-corrected chi connectivity index (χ2v) is 6.39. The smallest absolute Gasteiger partial charge is 0.349 e. The molecule has 0 aliphatic heterocycles. The Morgan fingerprint density at radius 3 is 2.46 bits per heavy atom. The van der Waals surface area contributed by atoms with Gasteiger partial charge in [0.1, 0.15) is 0 Å². The molecule has 1 amide bonds. The fraction of sp³-hybridized carbons (Fsp3) is 0.562. The quantitative estimate of drug-likeness (QED) is 0.817. The third-order valence-electron chi connectivity index (χ3n) is 4.24. The highest BCUT2D eigenvalue weighted by Gasteiger charge is 2.38. The summed E-state index contributed by atoms with van der Waals surface area (Å²) in [5, 5.41) is 10.1. The Morgan fingerprint density at radius 1 is 1.31 bits per heavy atom. The van der Waals surface area contributed by atoms with Crippen LogP contribution >= 0.6 is 11.6 Å². The maximum Gasteiger partial charge on any atom is 0.436 e. The number of hydrogen-bond donors (Lipinski definition) is 1. The number of nitrogens with one attached hydrogen (secondary N) is 1. The summed E-state index contributed by atoms with van der Waals surface area (Å²) in [6.45, 7) is 7.90. The van der Waals surface area contributed by atoms with E-state index in [1.807, 2.05) is 25.5 Å². The number of hydrogen-bond acceptors (Lipinski definition) is 3. The zero-order valence-corrected chi connectivity index (χ0v) is 15.7. The second kappa shape index (κ2) is 7.69. The standard InChI is InChI=1S/C16H21ClF3N5O/c1-5-24-10(3)12(8-21-24)9(2)22-13(26)6-7-25-11(4)14(17)15(23-25)16(18,19)20/h8-9H,5-7H2,1-4H3,(H,22,26). The summed E-state index contributed by atoms with van der Waals surface area (Å²) in [5.41, 5.74) is 0.913. The van der Waals surface area contributed by atoms with Crippen LogP contribution < -0.4 is 5.32 Å². The Hall–Kier alpha value is -2.03. The summed E-state index contributed by atoms with van der Waals surface area (Å²) >= 11 is 5.70. The Balaban J connectivity index is 2.00. The number of aryl methyl sites for hydroxylation is 2. The molecule has 0 saturated carbocycles. The lowest BCUT2D eigenvalue weighted by Crippen LogP contribution is -2.28. The first-order valence-corrected chi connectivity index (χ1v) is 8.55. The van der Waals surface area contributed by atoms with Crippen LogP contribution in [-0.4, -0.2) is 25.5 Å². The molecule has 10 heteroatoms. The molecule has 0 aliphatic carbocycles. The van der Waals surface area contributed by atoms with Gasteiger partial charge in [-0.1, -0.05) is 11.6 Å². The molecule has 0 bridgehead atoms. The first-order valence-electron chi connectivity index (χ1n) is 8.18. The highest BCUT2D eigenvalue weighted by atomic mass is 35.5. The molecule has 0 radical (unpaired) electrons. The van der Waals surface area contributed by atoms with Gasteiger partial charge in [0.2, 0.25) is 5.91 Å². The number of aromatic nitrogens is 4. The van der Waals surface area contributed by atoms with Crippen molar-refractivity contribution < 1.29 is 18.0 Å². The third kappa shape index (κ3) is 4.20. The Kier molecular flexibility index (Phi) is 6.00. The van der Waals surface area contributed by atoms with Gasteiger partial charge in [0.15, 0.2) is 5.69 Å². The van der Waals surface area contributed by atoms with Crippen LogP contribution in [-0.2, 0) is 24.1 Å². The molecule has 2 rings (SSSR count). The van der Waals surface area contributed by atoms with Crippen molar-refractivity contribution in [3.8, 4) is 0 Å². The third-order valence-corrected chi connectivity index (χ3v) is 4.69. The Bertz CT molecular complexity index is 797. The van der Waals surface area contributed by atoms with Crippen LogP contribution in [0.4, 0.5) is 13.2 Å². The van der Waals surface area contributed by atoms with Crippen LogP contribution in [0.1, 0.15) is 49.0 Å². The van der Waals surface area contributed by atoms with Gasteiger partial charge in [-0.25, -0.2) is 0 Å². The zero-order chi connectivity index (χ0) is 19.6. The summed E-state index contributed by atoms with van der Waals surface area (Å²) in [5.74, 6) is -0.291. The van der Waals surface area contributed by atoms with Crippen LogP contribution in [0.25, 0.3) is 0 Å². The van der Waals surface area contributed by atoms with Crippen molar-refractivity contribution in [2.24, 2.45) is 0 Å². The zero-order valence-electron chi connectivity index (χ0n) is 15.0.